The second-order valence-corrected chi connectivity index (χ2v) is 6.41. The molecule has 3 aromatic rings. The number of nitrogens with one attached hydrogen (secondary N) is 2. The number of carbonyl (C=O) groups excluding carboxylic acids is 2. The molecule has 7 nitrogen and oxygen atoms in total. The van der Waals surface area contributed by atoms with E-state index in [4.69, 9.17) is 21.1 Å². The highest BCUT2D eigenvalue weighted by atomic mass is 35.5. The van der Waals surface area contributed by atoms with E-state index in [1.807, 2.05) is 0 Å². The standard InChI is InChI=1S/C20H17ClN2O5/c1-11(19(25)23-16-9-12(21)7-8-17(16)27-2)28-20(26)14-10-18(24)22-15-6-4-3-5-13(14)15/h3-11H,1-2H3,(H,22,24)(H,23,25)/t11-/m0/s1. The summed E-state index contributed by atoms with van der Waals surface area (Å²) in [5.41, 5.74) is 0.498. The number of anilines is 1. The number of aromatic nitrogens is 1. The Morgan fingerprint density at radius 3 is 2.64 bits per heavy atom. The first-order chi connectivity index (χ1) is 13.4. The number of pyridine rings is 1. The summed E-state index contributed by atoms with van der Waals surface area (Å²) in [6.07, 6.45) is -1.12. The number of benzene rings is 2. The highest BCUT2D eigenvalue weighted by molar-refractivity contribution is 6.31. The largest absolute Gasteiger partial charge is 0.495 e. The number of ether oxygens (including phenoxy) is 2. The van der Waals surface area contributed by atoms with Crippen LogP contribution >= 0.6 is 11.6 Å². The number of carbonyl (C=O) groups is 2. The molecule has 0 fully saturated rings. The van der Waals surface area contributed by atoms with Gasteiger partial charge in [0.1, 0.15) is 5.75 Å². The maximum atomic E-state index is 12.6. The lowest BCUT2D eigenvalue weighted by Gasteiger charge is -2.16. The summed E-state index contributed by atoms with van der Waals surface area (Å²) in [5.74, 6) is -0.928. The molecule has 0 spiro atoms. The number of halogens is 1. The fraction of sp³-hybridized carbons (Fsp3) is 0.150. The molecule has 2 N–H and O–H groups in total. The Morgan fingerprint density at radius 1 is 1.14 bits per heavy atom. The van der Waals surface area contributed by atoms with Crippen LogP contribution in [0.2, 0.25) is 5.02 Å². The number of para-hydroxylation sites is 1. The summed E-state index contributed by atoms with van der Waals surface area (Å²) in [4.78, 5) is 39.4. The first-order valence-electron chi connectivity index (χ1n) is 8.36. The molecule has 0 bridgehead atoms. The van der Waals surface area contributed by atoms with Crippen LogP contribution in [0.5, 0.6) is 5.75 Å². The highest BCUT2D eigenvalue weighted by Crippen LogP contribution is 2.28. The minimum absolute atomic E-state index is 0.0827. The Bertz CT molecular complexity index is 1110. The van der Waals surface area contributed by atoms with Gasteiger partial charge in [-0.3, -0.25) is 9.59 Å². The predicted octanol–water partition coefficient (Wildman–Crippen LogP) is 3.37. The minimum Gasteiger partial charge on any atom is -0.495 e. The number of amides is 1. The molecule has 1 atom stereocenters. The lowest BCUT2D eigenvalue weighted by atomic mass is 10.1. The average molecular weight is 401 g/mol. The number of aromatic amines is 1. The minimum atomic E-state index is -1.12. The van der Waals surface area contributed by atoms with Crippen LogP contribution in [0, 0.1) is 0 Å². The van der Waals surface area contributed by atoms with Crippen LogP contribution in [0.4, 0.5) is 5.69 Å². The average Bonchev–Trinajstić information content (AvgIpc) is 2.67. The maximum absolute atomic E-state index is 12.6. The smallest absolute Gasteiger partial charge is 0.339 e. The van der Waals surface area contributed by atoms with Crippen LogP contribution in [0.1, 0.15) is 17.3 Å². The van der Waals surface area contributed by atoms with Crippen molar-refractivity contribution in [1.82, 2.24) is 4.98 Å². The number of methoxy groups -OCH3 is 1. The van der Waals surface area contributed by atoms with E-state index in [9.17, 15) is 14.4 Å². The molecule has 0 saturated heterocycles. The quantitative estimate of drug-likeness (QED) is 0.640. The van der Waals surface area contributed by atoms with Gasteiger partial charge in [-0.1, -0.05) is 29.8 Å². The Morgan fingerprint density at radius 2 is 1.89 bits per heavy atom. The summed E-state index contributed by atoms with van der Waals surface area (Å²) in [6.45, 7) is 1.43. The van der Waals surface area contributed by atoms with Crippen molar-refractivity contribution in [2.45, 2.75) is 13.0 Å². The number of esters is 1. The number of hydrogen-bond donors (Lipinski definition) is 2. The van der Waals surface area contributed by atoms with Crippen molar-refractivity contribution in [3.63, 3.8) is 0 Å². The zero-order valence-electron chi connectivity index (χ0n) is 15.1. The van der Waals surface area contributed by atoms with Crippen LogP contribution < -0.4 is 15.6 Å². The molecule has 28 heavy (non-hydrogen) atoms. The fourth-order valence-electron chi connectivity index (χ4n) is 2.66. The van der Waals surface area contributed by atoms with Gasteiger partial charge in [0.25, 0.3) is 5.91 Å². The van der Waals surface area contributed by atoms with Gasteiger partial charge < -0.3 is 19.8 Å². The van der Waals surface area contributed by atoms with E-state index in [1.54, 1.807) is 36.4 Å². The summed E-state index contributed by atoms with van der Waals surface area (Å²) in [5, 5.41) is 3.55. The van der Waals surface area contributed by atoms with E-state index < -0.39 is 23.5 Å². The SMILES string of the molecule is COc1ccc(Cl)cc1NC(=O)[C@H](C)OC(=O)c1cc(=O)[nH]c2ccccc12. The molecule has 0 aliphatic carbocycles. The van der Waals surface area contributed by atoms with Crippen molar-refractivity contribution in [3.05, 3.63) is 69.5 Å². The molecule has 0 unspecified atom stereocenters. The lowest BCUT2D eigenvalue weighted by molar-refractivity contribution is -0.123. The van der Waals surface area contributed by atoms with Gasteiger partial charge in [0.2, 0.25) is 5.56 Å². The molecule has 0 radical (unpaired) electrons. The van der Waals surface area contributed by atoms with E-state index in [0.29, 0.717) is 27.4 Å². The van der Waals surface area contributed by atoms with E-state index in [0.717, 1.165) is 6.07 Å². The third kappa shape index (κ3) is 4.15. The second-order valence-electron chi connectivity index (χ2n) is 5.97. The van der Waals surface area contributed by atoms with Crippen molar-refractivity contribution in [3.8, 4) is 5.75 Å². The Labute approximate surface area is 165 Å². The van der Waals surface area contributed by atoms with E-state index in [-0.39, 0.29) is 5.56 Å². The molecule has 3 rings (SSSR count). The van der Waals surface area contributed by atoms with Crippen LogP contribution in [0.15, 0.2) is 53.3 Å². The van der Waals surface area contributed by atoms with Crippen molar-refractivity contribution >= 4 is 40.1 Å². The third-order valence-electron chi connectivity index (χ3n) is 4.04. The highest BCUT2D eigenvalue weighted by Gasteiger charge is 2.22. The van der Waals surface area contributed by atoms with Crippen molar-refractivity contribution < 1.29 is 19.1 Å². The van der Waals surface area contributed by atoms with Crippen LogP contribution in [-0.4, -0.2) is 30.1 Å². The molecular formula is C20H17ClN2O5. The topological polar surface area (TPSA) is 97.5 Å². The summed E-state index contributed by atoms with van der Waals surface area (Å²) in [7, 11) is 1.46. The molecule has 1 aromatic heterocycles. The van der Waals surface area contributed by atoms with Crippen LogP contribution in [-0.2, 0) is 9.53 Å². The molecule has 0 aliphatic heterocycles. The van der Waals surface area contributed by atoms with E-state index in [1.165, 1.54) is 20.1 Å². The van der Waals surface area contributed by atoms with Crippen LogP contribution in [0.3, 0.4) is 0 Å². The van der Waals surface area contributed by atoms with Gasteiger partial charge in [0, 0.05) is 22.0 Å². The number of hydrogen-bond acceptors (Lipinski definition) is 5. The normalized spacial score (nSPS) is 11.7. The molecule has 0 aliphatic rings. The van der Waals surface area contributed by atoms with Gasteiger partial charge in [0.15, 0.2) is 6.10 Å². The van der Waals surface area contributed by atoms with Crippen LogP contribution in [0.25, 0.3) is 10.9 Å². The van der Waals surface area contributed by atoms with Gasteiger partial charge in [0.05, 0.1) is 18.4 Å². The first-order valence-corrected chi connectivity index (χ1v) is 8.74. The Balaban J connectivity index is 1.79. The Hall–Kier alpha value is -3.32. The predicted molar refractivity (Wildman–Crippen MR) is 106 cm³/mol. The van der Waals surface area contributed by atoms with Crippen molar-refractivity contribution in [1.29, 1.82) is 0 Å². The molecule has 1 heterocycles. The van der Waals surface area contributed by atoms with Crippen molar-refractivity contribution in [2.75, 3.05) is 12.4 Å². The molecule has 0 saturated carbocycles. The molecule has 144 valence electrons. The summed E-state index contributed by atoms with van der Waals surface area (Å²) >= 11 is 5.95. The van der Waals surface area contributed by atoms with E-state index >= 15 is 0 Å². The van der Waals surface area contributed by atoms with Gasteiger partial charge in [-0.25, -0.2) is 4.79 Å². The molecule has 2 aromatic carbocycles. The number of fused-ring (bicyclic) bond motifs is 1. The van der Waals surface area contributed by atoms with Gasteiger partial charge in [-0.15, -0.1) is 0 Å². The lowest BCUT2D eigenvalue weighted by Crippen LogP contribution is -2.30. The maximum Gasteiger partial charge on any atom is 0.339 e. The zero-order valence-corrected chi connectivity index (χ0v) is 15.9. The first kappa shape index (κ1) is 19.4. The summed E-state index contributed by atoms with van der Waals surface area (Å²) < 4.78 is 10.4. The third-order valence-corrected chi connectivity index (χ3v) is 4.28. The monoisotopic (exact) mass is 400 g/mol. The fourth-order valence-corrected chi connectivity index (χ4v) is 2.84. The second kappa shape index (κ2) is 8.14. The number of rotatable bonds is 5. The Kier molecular flexibility index (Phi) is 5.65. The zero-order chi connectivity index (χ0) is 20.3. The molecule has 1 amide bonds. The van der Waals surface area contributed by atoms with Gasteiger partial charge >= 0.3 is 5.97 Å². The molecular weight excluding hydrogens is 384 g/mol. The van der Waals surface area contributed by atoms with Gasteiger partial charge in [-0.2, -0.15) is 0 Å². The summed E-state index contributed by atoms with van der Waals surface area (Å²) in [6, 6.07) is 12.7. The molecule has 8 heteroatoms. The van der Waals surface area contributed by atoms with Gasteiger partial charge in [-0.05, 0) is 31.2 Å². The van der Waals surface area contributed by atoms with Crippen molar-refractivity contribution in [2.24, 2.45) is 0 Å². The number of H-pyrrole nitrogens is 1. The van der Waals surface area contributed by atoms with E-state index in [2.05, 4.69) is 10.3 Å².